The van der Waals surface area contributed by atoms with Crippen LogP contribution in [0.3, 0.4) is 0 Å². The number of carboxylic acids is 1. The molecular formula is C33H32N4O8S. The van der Waals surface area contributed by atoms with Crippen LogP contribution in [0, 0.1) is 0 Å². The summed E-state index contributed by atoms with van der Waals surface area (Å²) < 4.78 is 35.6. The number of pyridine rings is 1. The Morgan fingerprint density at radius 1 is 1.00 bits per heavy atom. The molecule has 1 aromatic heterocycles. The lowest BCUT2D eigenvalue weighted by atomic mass is 9.87. The van der Waals surface area contributed by atoms with Gasteiger partial charge in [0.2, 0.25) is 10.0 Å². The number of carboxylic acid groups (broad SMARTS) is 1. The van der Waals surface area contributed by atoms with Gasteiger partial charge in [0, 0.05) is 31.8 Å². The largest absolute Gasteiger partial charge is 0.494 e. The molecule has 1 unspecified atom stereocenters. The molecule has 0 saturated carbocycles. The number of nitrogens with one attached hydrogen (secondary N) is 1. The molecule has 2 amide bonds. The number of rotatable bonds is 2. The van der Waals surface area contributed by atoms with Gasteiger partial charge in [0.1, 0.15) is 17.2 Å². The van der Waals surface area contributed by atoms with Crippen LogP contribution in [0.4, 0.5) is 0 Å². The summed E-state index contributed by atoms with van der Waals surface area (Å²) in [7, 11) is -3.88. The van der Waals surface area contributed by atoms with Crippen molar-refractivity contribution in [2.75, 3.05) is 19.7 Å². The zero-order valence-electron chi connectivity index (χ0n) is 24.9. The molecule has 0 fully saturated rings. The van der Waals surface area contributed by atoms with Gasteiger partial charge in [-0.15, -0.1) is 0 Å². The number of hydrogen-bond donors (Lipinski definition) is 3. The third-order valence-corrected chi connectivity index (χ3v) is 8.22. The SMILES string of the molecule is CC(=O)O.NS(=O)(=O)c1ccc(C(=O)N2CCc3cc4ccc3C2c2cccc(c2)OCCCNC(=O)c2cncc(c2)O4)cc1. The van der Waals surface area contributed by atoms with E-state index < -0.39 is 22.0 Å². The Morgan fingerprint density at radius 2 is 1.76 bits per heavy atom. The van der Waals surface area contributed by atoms with Crippen molar-refractivity contribution in [3.05, 3.63) is 113 Å². The summed E-state index contributed by atoms with van der Waals surface area (Å²) >= 11 is 0. The Bertz CT molecular complexity index is 1870. The molecule has 3 aliphatic heterocycles. The van der Waals surface area contributed by atoms with Gasteiger partial charge in [-0.3, -0.25) is 19.4 Å². The summed E-state index contributed by atoms with van der Waals surface area (Å²) in [5.74, 6) is 0.358. The highest BCUT2D eigenvalue weighted by Crippen LogP contribution is 2.39. The van der Waals surface area contributed by atoms with Crippen molar-refractivity contribution in [2.45, 2.75) is 30.7 Å². The molecule has 12 nitrogen and oxygen atoms in total. The molecule has 0 radical (unpaired) electrons. The summed E-state index contributed by atoms with van der Waals surface area (Å²) in [5, 5.41) is 15.5. The van der Waals surface area contributed by atoms with Gasteiger partial charge in [-0.2, -0.15) is 0 Å². The third-order valence-electron chi connectivity index (χ3n) is 7.29. The van der Waals surface area contributed by atoms with E-state index in [1.54, 1.807) is 17.2 Å². The first-order valence-corrected chi connectivity index (χ1v) is 15.9. The smallest absolute Gasteiger partial charge is 0.300 e. The van der Waals surface area contributed by atoms with E-state index in [1.165, 1.54) is 30.5 Å². The first kappa shape index (κ1) is 32.1. The quantitative estimate of drug-likeness (QED) is 0.292. The molecule has 0 spiro atoms. The normalized spacial score (nSPS) is 15.9. The zero-order chi connectivity index (χ0) is 32.8. The highest BCUT2D eigenvalue weighted by Gasteiger charge is 2.33. The van der Waals surface area contributed by atoms with E-state index in [2.05, 4.69) is 10.3 Å². The summed E-state index contributed by atoms with van der Waals surface area (Å²) in [4.78, 5) is 41.4. The Labute approximate surface area is 265 Å². The molecule has 4 N–H and O–H groups in total. The van der Waals surface area contributed by atoms with Crippen LogP contribution in [0.2, 0.25) is 0 Å². The molecule has 0 saturated heterocycles. The highest BCUT2D eigenvalue weighted by molar-refractivity contribution is 7.89. The molecular weight excluding hydrogens is 612 g/mol. The number of carbonyl (C=O) groups excluding carboxylic acids is 2. The number of primary sulfonamides is 1. The van der Waals surface area contributed by atoms with Gasteiger partial charge in [0.05, 0.1) is 29.3 Å². The highest BCUT2D eigenvalue weighted by atomic mass is 32.2. The maximum atomic E-state index is 13.9. The van der Waals surface area contributed by atoms with E-state index in [9.17, 15) is 18.0 Å². The lowest BCUT2D eigenvalue weighted by molar-refractivity contribution is -0.134. The van der Waals surface area contributed by atoms with Crippen LogP contribution >= 0.6 is 0 Å². The Kier molecular flexibility index (Phi) is 9.64. The van der Waals surface area contributed by atoms with Crippen LogP contribution in [0.1, 0.15) is 56.8 Å². The van der Waals surface area contributed by atoms with E-state index in [0.717, 1.165) is 23.6 Å². The Hall–Kier alpha value is -5.27. The van der Waals surface area contributed by atoms with Crippen LogP contribution in [0.5, 0.6) is 17.2 Å². The summed E-state index contributed by atoms with van der Waals surface area (Å²) in [6.07, 6.45) is 4.21. The standard InChI is InChI=1S/C31H28N4O6S.C2H4O2/c32-42(38,39)27-8-5-20(6-9-27)31(37)35-13-11-21-15-25-7-10-28(21)29(35)22-3-1-4-24(16-22)40-14-2-12-34-30(36)23-17-26(41-25)19-33-18-23;1-2(3)4/h1,3-10,15-19,29H,2,11-14H2,(H,34,36)(H2,32,38,39);1H3,(H,3,4). The van der Waals surface area contributed by atoms with E-state index in [4.69, 9.17) is 24.5 Å². The van der Waals surface area contributed by atoms with Crippen molar-refractivity contribution in [1.82, 2.24) is 15.2 Å². The number of carbonyl (C=O) groups is 3. The molecule has 13 heteroatoms. The first-order chi connectivity index (χ1) is 22.0. The summed E-state index contributed by atoms with van der Waals surface area (Å²) in [6.45, 7) is 2.30. The number of nitrogens with two attached hydrogens (primary N) is 1. The van der Waals surface area contributed by atoms with Crippen molar-refractivity contribution in [3.63, 3.8) is 0 Å². The number of sulfonamides is 1. The molecule has 1 atom stereocenters. The van der Waals surface area contributed by atoms with Crippen molar-refractivity contribution in [3.8, 4) is 17.2 Å². The molecule has 4 aromatic rings. The van der Waals surface area contributed by atoms with E-state index in [0.29, 0.717) is 60.9 Å². The number of nitrogens with zero attached hydrogens (tertiary/aromatic N) is 2. The number of fused-ring (bicyclic) bond motifs is 6. The van der Waals surface area contributed by atoms with E-state index in [-0.39, 0.29) is 16.7 Å². The summed E-state index contributed by atoms with van der Waals surface area (Å²) in [6, 6.07) is 20.2. The van der Waals surface area contributed by atoms with Crippen LogP contribution < -0.4 is 19.9 Å². The second-order valence-electron chi connectivity index (χ2n) is 10.6. The fraction of sp³-hybridized carbons (Fsp3) is 0.212. The summed E-state index contributed by atoms with van der Waals surface area (Å²) in [5.41, 5.74) is 3.56. The minimum atomic E-state index is -3.88. The fourth-order valence-electron chi connectivity index (χ4n) is 5.27. The molecule has 3 aliphatic rings. The second kappa shape index (κ2) is 13.8. The van der Waals surface area contributed by atoms with Gasteiger partial charge < -0.3 is 24.8 Å². The van der Waals surface area contributed by atoms with Crippen LogP contribution in [-0.2, 0) is 21.2 Å². The molecule has 0 aliphatic carbocycles. The monoisotopic (exact) mass is 644 g/mol. The average Bonchev–Trinajstić information content (AvgIpc) is 3.03. The van der Waals surface area contributed by atoms with Crippen LogP contribution in [0.15, 0.2) is 90.1 Å². The molecule has 8 bridgehead atoms. The number of ether oxygens (including phenoxy) is 2. The molecule has 238 valence electrons. The van der Waals surface area contributed by atoms with Crippen molar-refractivity contribution >= 4 is 27.8 Å². The van der Waals surface area contributed by atoms with E-state index >= 15 is 0 Å². The average molecular weight is 645 g/mol. The number of benzene rings is 3. The lowest BCUT2D eigenvalue weighted by Gasteiger charge is -2.38. The molecule has 7 rings (SSSR count). The maximum Gasteiger partial charge on any atom is 0.300 e. The second-order valence-corrected chi connectivity index (χ2v) is 12.2. The topological polar surface area (TPSA) is 178 Å². The molecule has 3 aromatic carbocycles. The Balaban J connectivity index is 0.000000985. The predicted molar refractivity (Wildman–Crippen MR) is 167 cm³/mol. The first-order valence-electron chi connectivity index (χ1n) is 14.4. The molecule has 46 heavy (non-hydrogen) atoms. The predicted octanol–water partition coefficient (Wildman–Crippen LogP) is 3.91. The fourth-order valence-corrected chi connectivity index (χ4v) is 5.79. The Morgan fingerprint density at radius 3 is 2.50 bits per heavy atom. The van der Waals surface area contributed by atoms with Crippen molar-refractivity contribution in [2.24, 2.45) is 5.14 Å². The molecule has 4 heterocycles. The maximum absolute atomic E-state index is 13.9. The van der Waals surface area contributed by atoms with Gasteiger partial charge in [0.25, 0.3) is 17.8 Å². The lowest BCUT2D eigenvalue weighted by Crippen LogP contribution is -2.40. The van der Waals surface area contributed by atoms with Gasteiger partial charge in [-0.05, 0) is 84.1 Å². The van der Waals surface area contributed by atoms with Crippen LogP contribution in [-0.4, -0.2) is 60.9 Å². The van der Waals surface area contributed by atoms with Gasteiger partial charge in [-0.1, -0.05) is 18.2 Å². The van der Waals surface area contributed by atoms with Crippen molar-refractivity contribution in [1.29, 1.82) is 0 Å². The third kappa shape index (κ3) is 7.68. The number of hydrogen-bond acceptors (Lipinski definition) is 8. The van der Waals surface area contributed by atoms with E-state index in [1.807, 2.05) is 42.5 Å². The number of amides is 2. The van der Waals surface area contributed by atoms with Gasteiger partial charge in [0.15, 0.2) is 0 Å². The van der Waals surface area contributed by atoms with Crippen LogP contribution in [0.25, 0.3) is 0 Å². The number of aromatic nitrogens is 1. The number of aliphatic carboxylic acids is 1. The minimum absolute atomic E-state index is 0.0584. The van der Waals surface area contributed by atoms with Gasteiger partial charge >= 0.3 is 0 Å². The minimum Gasteiger partial charge on any atom is -0.494 e. The van der Waals surface area contributed by atoms with Crippen molar-refractivity contribution < 1.29 is 37.4 Å². The van der Waals surface area contributed by atoms with Gasteiger partial charge in [-0.25, -0.2) is 13.6 Å². The zero-order valence-corrected chi connectivity index (χ0v) is 25.7.